The Kier molecular flexibility index (Phi) is 8.21. The summed E-state index contributed by atoms with van der Waals surface area (Å²) in [5.74, 6) is 0.645. The Morgan fingerprint density at radius 2 is 1.55 bits per heavy atom. The van der Waals surface area contributed by atoms with E-state index in [1.54, 1.807) is 36.0 Å². The highest BCUT2D eigenvalue weighted by Crippen LogP contribution is 2.26. The van der Waals surface area contributed by atoms with Crippen molar-refractivity contribution in [1.82, 2.24) is 5.32 Å². The van der Waals surface area contributed by atoms with E-state index in [0.29, 0.717) is 17.8 Å². The van der Waals surface area contributed by atoms with E-state index in [2.05, 4.69) is 36.5 Å². The fourth-order valence-corrected chi connectivity index (χ4v) is 5.07. The number of nitrogens with one attached hydrogen (secondary N) is 1. The maximum absolute atomic E-state index is 12.5. The van der Waals surface area contributed by atoms with E-state index in [0.717, 1.165) is 22.4 Å². The Balaban J connectivity index is 1.60. The Morgan fingerprint density at radius 3 is 2.18 bits per heavy atom. The quantitative estimate of drug-likeness (QED) is 0.340. The minimum Gasteiger partial charge on any atom is -0.351 e. The molecule has 0 saturated carbocycles. The zero-order valence-corrected chi connectivity index (χ0v) is 21.1. The lowest BCUT2D eigenvalue weighted by molar-refractivity contribution is 0.0956. The molecule has 0 spiro atoms. The van der Waals surface area contributed by atoms with Gasteiger partial charge in [0, 0.05) is 22.8 Å². The average Bonchev–Trinajstić information content (AvgIpc) is 2.77. The number of sulfonamides is 1. The van der Waals surface area contributed by atoms with Crippen LogP contribution in [0.2, 0.25) is 0 Å². The molecule has 0 saturated heterocycles. The van der Waals surface area contributed by atoms with Gasteiger partial charge in [-0.25, -0.2) is 8.42 Å². The van der Waals surface area contributed by atoms with Gasteiger partial charge in [-0.05, 0) is 67.8 Å². The molecule has 3 rings (SSSR count). The Hall–Kier alpha value is -2.77. The van der Waals surface area contributed by atoms with Gasteiger partial charge in [-0.3, -0.25) is 9.10 Å². The van der Waals surface area contributed by atoms with Crippen molar-refractivity contribution in [1.29, 1.82) is 0 Å². The van der Waals surface area contributed by atoms with E-state index in [4.69, 9.17) is 0 Å². The molecule has 174 valence electrons. The van der Waals surface area contributed by atoms with Gasteiger partial charge in [0.1, 0.15) is 0 Å². The SMILES string of the molecule is Cc1ccc(SCCNC(=O)c2ccc(CN(c3cc(C)ccc3C)S(C)(=O)=O)cc2)cc1. The van der Waals surface area contributed by atoms with Crippen molar-refractivity contribution < 1.29 is 13.2 Å². The summed E-state index contributed by atoms with van der Waals surface area (Å²) in [6, 6.07) is 21.2. The molecule has 0 aliphatic rings. The molecule has 0 heterocycles. The second kappa shape index (κ2) is 10.9. The van der Waals surface area contributed by atoms with Crippen LogP contribution in [0, 0.1) is 20.8 Å². The van der Waals surface area contributed by atoms with E-state index < -0.39 is 10.0 Å². The number of aryl methyl sites for hydroxylation is 3. The molecule has 0 aromatic heterocycles. The first-order valence-corrected chi connectivity index (χ1v) is 13.6. The molecule has 0 radical (unpaired) electrons. The van der Waals surface area contributed by atoms with Crippen LogP contribution < -0.4 is 9.62 Å². The molecule has 1 N–H and O–H groups in total. The lowest BCUT2D eigenvalue weighted by Gasteiger charge is -2.25. The molecule has 0 atom stereocenters. The molecule has 1 amide bonds. The summed E-state index contributed by atoms with van der Waals surface area (Å²) in [6.07, 6.45) is 1.21. The van der Waals surface area contributed by atoms with Gasteiger partial charge < -0.3 is 5.32 Å². The van der Waals surface area contributed by atoms with Gasteiger partial charge in [0.15, 0.2) is 0 Å². The zero-order chi connectivity index (χ0) is 24.0. The van der Waals surface area contributed by atoms with Crippen LogP contribution in [-0.2, 0) is 16.6 Å². The number of rotatable bonds is 9. The number of amides is 1. The fourth-order valence-electron chi connectivity index (χ4n) is 3.37. The van der Waals surface area contributed by atoms with Gasteiger partial charge in [-0.15, -0.1) is 11.8 Å². The van der Waals surface area contributed by atoms with Crippen molar-refractivity contribution in [3.05, 3.63) is 94.5 Å². The van der Waals surface area contributed by atoms with Crippen LogP contribution in [0.4, 0.5) is 5.69 Å². The normalized spacial score (nSPS) is 11.3. The summed E-state index contributed by atoms with van der Waals surface area (Å²) in [4.78, 5) is 13.6. The lowest BCUT2D eigenvalue weighted by atomic mass is 10.1. The number of nitrogens with zero attached hydrogens (tertiary/aromatic N) is 1. The molecule has 0 bridgehead atoms. The standard InChI is InChI=1S/C26H30N2O3S2/c1-19-6-13-24(14-7-19)32-16-15-27-26(29)23-11-9-22(10-12-23)18-28(33(4,30)31)25-17-20(2)5-8-21(25)3/h5-14,17H,15-16,18H2,1-4H3,(H,27,29). The molecule has 5 nitrogen and oxygen atoms in total. The molecule has 7 heteroatoms. The maximum Gasteiger partial charge on any atom is 0.251 e. The van der Waals surface area contributed by atoms with Crippen molar-refractivity contribution in [2.75, 3.05) is 22.9 Å². The van der Waals surface area contributed by atoms with Crippen LogP contribution in [-0.4, -0.2) is 32.9 Å². The van der Waals surface area contributed by atoms with Gasteiger partial charge in [-0.2, -0.15) is 0 Å². The first-order valence-electron chi connectivity index (χ1n) is 10.7. The van der Waals surface area contributed by atoms with Crippen LogP contribution in [0.1, 0.15) is 32.6 Å². The first kappa shape index (κ1) is 24.9. The third-order valence-electron chi connectivity index (χ3n) is 5.25. The van der Waals surface area contributed by atoms with E-state index in [-0.39, 0.29) is 12.5 Å². The van der Waals surface area contributed by atoms with E-state index in [1.165, 1.54) is 21.0 Å². The predicted octanol–water partition coefficient (Wildman–Crippen LogP) is 5.10. The van der Waals surface area contributed by atoms with Gasteiger partial charge in [0.05, 0.1) is 18.5 Å². The summed E-state index contributed by atoms with van der Waals surface area (Å²) < 4.78 is 26.4. The van der Waals surface area contributed by atoms with Gasteiger partial charge in [0.2, 0.25) is 10.0 Å². The topological polar surface area (TPSA) is 66.5 Å². The van der Waals surface area contributed by atoms with Crippen LogP contribution in [0.5, 0.6) is 0 Å². The third kappa shape index (κ3) is 7.11. The number of anilines is 1. The van der Waals surface area contributed by atoms with E-state index >= 15 is 0 Å². The summed E-state index contributed by atoms with van der Waals surface area (Å²) in [7, 11) is -3.47. The summed E-state index contributed by atoms with van der Waals surface area (Å²) in [5, 5.41) is 2.94. The number of hydrogen-bond donors (Lipinski definition) is 1. The highest BCUT2D eigenvalue weighted by atomic mass is 32.2. The molecule has 3 aromatic rings. The van der Waals surface area contributed by atoms with Crippen LogP contribution >= 0.6 is 11.8 Å². The fraction of sp³-hybridized carbons (Fsp3) is 0.269. The van der Waals surface area contributed by atoms with Crippen molar-refractivity contribution in [3.8, 4) is 0 Å². The minimum absolute atomic E-state index is 0.138. The first-order chi connectivity index (χ1) is 15.6. The Labute approximate surface area is 201 Å². The van der Waals surface area contributed by atoms with Crippen molar-refractivity contribution in [2.24, 2.45) is 0 Å². The Bertz CT molecular complexity index is 1210. The van der Waals surface area contributed by atoms with E-state index in [9.17, 15) is 13.2 Å². The number of hydrogen-bond acceptors (Lipinski definition) is 4. The number of benzene rings is 3. The minimum atomic E-state index is -3.47. The molecule has 0 unspecified atom stereocenters. The van der Waals surface area contributed by atoms with Gasteiger partial charge in [-0.1, -0.05) is 42.0 Å². The summed E-state index contributed by atoms with van der Waals surface area (Å²) >= 11 is 1.70. The molecule has 0 aliphatic carbocycles. The Morgan fingerprint density at radius 1 is 0.909 bits per heavy atom. The molecule has 0 aliphatic heterocycles. The number of thioether (sulfide) groups is 1. The largest absolute Gasteiger partial charge is 0.351 e. The zero-order valence-electron chi connectivity index (χ0n) is 19.5. The van der Waals surface area contributed by atoms with Crippen molar-refractivity contribution in [2.45, 2.75) is 32.2 Å². The number of carbonyl (C=O) groups excluding carboxylic acids is 1. The highest BCUT2D eigenvalue weighted by Gasteiger charge is 2.20. The highest BCUT2D eigenvalue weighted by molar-refractivity contribution is 7.99. The lowest BCUT2D eigenvalue weighted by Crippen LogP contribution is -2.30. The van der Waals surface area contributed by atoms with E-state index in [1.807, 2.05) is 32.0 Å². The monoisotopic (exact) mass is 482 g/mol. The summed E-state index contributed by atoms with van der Waals surface area (Å²) in [6.45, 7) is 6.67. The predicted molar refractivity (Wildman–Crippen MR) is 138 cm³/mol. The molecule has 33 heavy (non-hydrogen) atoms. The smallest absolute Gasteiger partial charge is 0.251 e. The molecular formula is C26H30N2O3S2. The third-order valence-corrected chi connectivity index (χ3v) is 7.39. The van der Waals surface area contributed by atoms with Crippen LogP contribution in [0.3, 0.4) is 0 Å². The molecular weight excluding hydrogens is 452 g/mol. The summed E-state index contributed by atoms with van der Waals surface area (Å²) in [5.41, 5.74) is 5.15. The number of carbonyl (C=O) groups is 1. The van der Waals surface area contributed by atoms with Crippen molar-refractivity contribution >= 4 is 33.4 Å². The maximum atomic E-state index is 12.5. The second-order valence-electron chi connectivity index (χ2n) is 8.17. The molecule has 0 fully saturated rings. The van der Waals surface area contributed by atoms with Gasteiger partial charge in [0.25, 0.3) is 5.91 Å². The second-order valence-corrected chi connectivity index (χ2v) is 11.2. The van der Waals surface area contributed by atoms with Crippen molar-refractivity contribution in [3.63, 3.8) is 0 Å². The van der Waals surface area contributed by atoms with Gasteiger partial charge >= 0.3 is 0 Å². The molecule has 3 aromatic carbocycles. The van der Waals surface area contributed by atoms with Crippen LogP contribution in [0.15, 0.2) is 71.6 Å². The average molecular weight is 483 g/mol. The van der Waals surface area contributed by atoms with Crippen LogP contribution in [0.25, 0.3) is 0 Å².